The van der Waals surface area contributed by atoms with Crippen LogP contribution in [0.1, 0.15) is 24.2 Å². The standard InChI is InChI=1S/C22H23N3O4S/c1-14(26)24-22(12-25-19(27)17(23)20(25)30-13-22)21(28)29-18(15-8-4-2-5-9-15)16-10-6-3-7-11-16/h2-11,17-18,20H,12-13,23H2,1H3,(H,24,26)/t17?,20-,22?/m1/s1. The van der Waals surface area contributed by atoms with Crippen LogP contribution >= 0.6 is 11.8 Å². The maximum absolute atomic E-state index is 13.5. The predicted molar refractivity (Wildman–Crippen MR) is 113 cm³/mol. The van der Waals surface area contributed by atoms with Crippen LogP contribution in [0.2, 0.25) is 0 Å². The minimum atomic E-state index is -1.33. The van der Waals surface area contributed by atoms with E-state index in [-0.39, 0.29) is 29.5 Å². The van der Waals surface area contributed by atoms with Crippen molar-refractivity contribution < 1.29 is 19.1 Å². The van der Waals surface area contributed by atoms with Crippen LogP contribution < -0.4 is 11.1 Å². The molecule has 0 aliphatic carbocycles. The number of carbonyl (C=O) groups excluding carboxylic acids is 3. The fourth-order valence-electron chi connectivity index (χ4n) is 3.87. The lowest BCUT2D eigenvalue weighted by Crippen LogP contribution is -2.76. The fraction of sp³-hybridized carbons (Fsp3) is 0.318. The smallest absolute Gasteiger partial charge is 0.335 e. The van der Waals surface area contributed by atoms with Crippen molar-refractivity contribution in [2.24, 2.45) is 5.73 Å². The minimum Gasteiger partial charge on any atom is -0.451 e. The molecular weight excluding hydrogens is 402 g/mol. The molecule has 2 aliphatic heterocycles. The normalized spacial score (nSPS) is 25.3. The number of nitrogens with one attached hydrogen (secondary N) is 1. The highest BCUT2D eigenvalue weighted by Gasteiger charge is 2.57. The Morgan fingerprint density at radius 3 is 2.23 bits per heavy atom. The molecule has 7 nitrogen and oxygen atoms in total. The number of ether oxygens (including phenoxy) is 1. The van der Waals surface area contributed by atoms with Crippen LogP contribution in [0.4, 0.5) is 0 Å². The highest BCUT2D eigenvalue weighted by Crippen LogP contribution is 2.39. The Bertz CT molecular complexity index is 916. The Morgan fingerprint density at radius 1 is 1.13 bits per heavy atom. The zero-order valence-electron chi connectivity index (χ0n) is 16.5. The lowest BCUT2D eigenvalue weighted by atomic mass is 9.95. The minimum absolute atomic E-state index is 0.0475. The summed E-state index contributed by atoms with van der Waals surface area (Å²) in [6, 6.07) is 18.3. The quantitative estimate of drug-likeness (QED) is 0.555. The van der Waals surface area contributed by atoms with Gasteiger partial charge in [0.05, 0.1) is 6.54 Å². The molecule has 2 saturated heterocycles. The summed E-state index contributed by atoms with van der Waals surface area (Å²) >= 11 is 1.39. The van der Waals surface area contributed by atoms with E-state index in [1.807, 2.05) is 60.7 Å². The van der Waals surface area contributed by atoms with Crippen LogP contribution in [0.3, 0.4) is 0 Å². The van der Waals surface area contributed by atoms with E-state index in [1.165, 1.54) is 23.6 Å². The van der Waals surface area contributed by atoms with E-state index in [1.54, 1.807) is 0 Å². The molecular formula is C22H23N3O4S. The lowest BCUT2D eigenvalue weighted by Gasteiger charge is -2.53. The van der Waals surface area contributed by atoms with Gasteiger partial charge in [-0.25, -0.2) is 4.79 Å². The van der Waals surface area contributed by atoms with E-state index >= 15 is 0 Å². The average Bonchev–Trinajstić information content (AvgIpc) is 2.77. The second-order valence-electron chi connectivity index (χ2n) is 7.56. The van der Waals surface area contributed by atoms with E-state index in [4.69, 9.17) is 10.5 Å². The zero-order chi connectivity index (χ0) is 21.3. The van der Waals surface area contributed by atoms with E-state index in [2.05, 4.69) is 5.32 Å². The molecule has 0 bridgehead atoms. The molecule has 2 amide bonds. The Labute approximate surface area is 178 Å². The molecule has 0 spiro atoms. The number of nitrogens with two attached hydrogens (primary N) is 1. The van der Waals surface area contributed by atoms with Gasteiger partial charge in [0.15, 0.2) is 11.6 Å². The van der Waals surface area contributed by atoms with Crippen LogP contribution in [0.25, 0.3) is 0 Å². The molecule has 3 N–H and O–H groups in total. The number of carbonyl (C=O) groups is 3. The highest BCUT2D eigenvalue weighted by molar-refractivity contribution is 8.00. The molecule has 0 aromatic heterocycles. The summed E-state index contributed by atoms with van der Waals surface area (Å²) in [6.07, 6.45) is -0.636. The van der Waals surface area contributed by atoms with Gasteiger partial charge in [-0.15, -0.1) is 11.8 Å². The Balaban J connectivity index is 1.64. The van der Waals surface area contributed by atoms with Gasteiger partial charge in [-0.1, -0.05) is 60.7 Å². The van der Waals surface area contributed by atoms with Crippen molar-refractivity contribution in [2.45, 2.75) is 30.0 Å². The Hall–Kier alpha value is -2.84. The van der Waals surface area contributed by atoms with Crippen LogP contribution in [0.5, 0.6) is 0 Å². The number of benzene rings is 2. The number of fused-ring (bicyclic) bond motifs is 1. The van der Waals surface area contributed by atoms with E-state index in [0.29, 0.717) is 0 Å². The van der Waals surface area contributed by atoms with Gasteiger partial charge < -0.3 is 20.7 Å². The van der Waals surface area contributed by atoms with Crippen molar-refractivity contribution in [1.29, 1.82) is 0 Å². The van der Waals surface area contributed by atoms with Crippen molar-refractivity contribution in [2.75, 3.05) is 12.3 Å². The van der Waals surface area contributed by atoms with Crippen molar-refractivity contribution >= 4 is 29.5 Å². The largest absolute Gasteiger partial charge is 0.451 e. The summed E-state index contributed by atoms with van der Waals surface area (Å²) in [6.45, 7) is 1.40. The number of rotatable bonds is 5. The number of nitrogens with zero attached hydrogens (tertiary/aromatic N) is 1. The molecule has 30 heavy (non-hydrogen) atoms. The fourth-order valence-corrected chi connectivity index (χ4v) is 5.29. The zero-order valence-corrected chi connectivity index (χ0v) is 17.3. The summed E-state index contributed by atoms with van der Waals surface area (Å²) in [4.78, 5) is 39.1. The van der Waals surface area contributed by atoms with Gasteiger partial charge in [0.25, 0.3) is 0 Å². The van der Waals surface area contributed by atoms with Crippen molar-refractivity contribution in [3.8, 4) is 0 Å². The monoisotopic (exact) mass is 425 g/mol. The Morgan fingerprint density at radius 2 is 1.70 bits per heavy atom. The van der Waals surface area contributed by atoms with Crippen LogP contribution in [0.15, 0.2) is 60.7 Å². The molecule has 2 aromatic rings. The van der Waals surface area contributed by atoms with Crippen LogP contribution in [0, 0.1) is 0 Å². The van der Waals surface area contributed by atoms with E-state index in [9.17, 15) is 14.4 Å². The Kier molecular flexibility index (Phi) is 5.53. The highest BCUT2D eigenvalue weighted by atomic mass is 32.2. The number of β-lactam (4-membered cyclic amide) rings is 1. The van der Waals surface area contributed by atoms with E-state index < -0.39 is 23.7 Å². The SMILES string of the molecule is CC(=O)NC1(C(=O)OC(c2ccccc2)c2ccccc2)CS[C@@H]2C(N)C(=O)N2C1. The third-order valence-corrected chi connectivity index (χ3v) is 6.91. The summed E-state index contributed by atoms with van der Waals surface area (Å²) in [5, 5.41) is 2.58. The first-order valence-electron chi connectivity index (χ1n) is 9.69. The van der Waals surface area contributed by atoms with Gasteiger partial charge in [-0.3, -0.25) is 9.59 Å². The molecule has 156 valence electrons. The lowest BCUT2D eigenvalue weighted by molar-refractivity contribution is -0.161. The van der Waals surface area contributed by atoms with E-state index in [0.717, 1.165) is 11.1 Å². The first-order chi connectivity index (χ1) is 14.4. The van der Waals surface area contributed by atoms with Crippen molar-refractivity contribution in [1.82, 2.24) is 10.2 Å². The molecule has 2 aromatic carbocycles. The van der Waals surface area contributed by atoms with Gasteiger partial charge >= 0.3 is 5.97 Å². The van der Waals surface area contributed by atoms with Gasteiger partial charge in [0.2, 0.25) is 11.8 Å². The average molecular weight is 426 g/mol. The second-order valence-corrected chi connectivity index (χ2v) is 8.67. The van der Waals surface area contributed by atoms with Gasteiger partial charge in [-0.05, 0) is 11.1 Å². The molecule has 4 rings (SSSR count). The van der Waals surface area contributed by atoms with Crippen LogP contribution in [-0.4, -0.2) is 51.9 Å². The number of hydrogen-bond acceptors (Lipinski definition) is 6. The maximum atomic E-state index is 13.5. The molecule has 0 radical (unpaired) electrons. The number of esters is 1. The number of amides is 2. The first kappa shape index (κ1) is 20.4. The molecule has 0 saturated carbocycles. The van der Waals surface area contributed by atoms with Gasteiger partial charge in [0.1, 0.15) is 11.4 Å². The van der Waals surface area contributed by atoms with Crippen molar-refractivity contribution in [3.63, 3.8) is 0 Å². The second kappa shape index (κ2) is 8.12. The van der Waals surface area contributed by atoms with Gasteiger partial charge in [0, 0.05) is 12.7 Å². The molecule has 2 heterocycles. The molecule has 2 unspecified atom stereocenters. The maximum Gasteiger partial charge on any atom is 0.335 e. The summed E-state index contributed by atoms with van der Waals surface area (Å²) in [5.74, 6) is -0.879. The summed E-state index contributed by atoms with van der Waals surface area (Å²) in [5.41, 5.74) is 6.17. The topological polar surface area (TPSA) is 102 Å². The third-order valence-electron chi connectivity index (χ3n) is 5.36. The molecule has 2 aliphatic rings. The number of thioether (sulfide) groups is 1. The summed E-state index contributed by atoms with van der Waals surface area (Å²) < 4.78 is 6.00. The van der Waals surface area contributed by atoms with Crippen molar-refractivity contribution in [3.05, 3.63) is 71.8 Å². The van der Waals surface area contributed by atoms with Crippen LogP contribution in [-0.2, 0) is 19.1 Å². The first-order valence-corrected chi connectivity index (χ1v) is 10.7. The third kappa shape index (κ3) is 3.68. The van der Waals surface area contributed by atoms with Gasteiger partial charge in [-0.2, -0.15) is 0 Å². The predicted octanol–water partition coefficient (Wildman–Crippen LogP) is 1.44. The molecule has 3 atom stereocenters. The number of hydrogen-bond donors (Lipinski definition) is 2. The molecule has 8 heteroatoms. The molecule has 2 fully saturated rings. The summed E-state index contributed by atoms with van der Waals surface area (Å²) in [7, 11) is 0.